The minimum absolute atomic E-state index is 0.141. The second kappa shape index (κ2) is 38.5. The zero-order valence-electron chi connectivity index (χ0n) is 33.5. The summed E-state index contributed by atoms with van der Waals surface area (Å²) in [6.07, 6.45) is 38.3. The van der Waals surface area contributed by atoms with Crippen LogP contribution in [0.2, 0.25) is 0 Å². The zero-order chi connectivity index (χ0) is 39.1. The molecular formula is C42H77O10P. The predicted octanol–water partition coefficient (Wildman–Crippen LogP) is 10.8. The molecule has 0 bridgehead atoms. The van der Waals surface area contributed by atoms with Crippen molar-refractivity contribution in [2.24, 2.45) is 0 Å². The van der Waals surface area contributed by atoms with Gasteiger partial charge in [0.25, 0.3) is 0 Å². The lowest BCUT2D eigenvalue weighted by molar-refractivity contribution is -0.161. The molecule has 3 atom stereocenters. The second-order valence-corrected chi connectivity index (χ2v) is 15.5. The van der Waals surface area contributed by atoms with Gasteiger partial charge in [0, 0.05) is 12.8 Å². The lowest BCUT2D eigenvalue weighted by atomic mass is 10.1. The minimum Gasteiger partial charge on any atom is -0.462 e. The van der Waals surface area contributed by atoms with Crippen molar-refractivity contribution in [1.29, 1.82) is 0 Å². The van der Waals surface area contributed by atoms with Gasteiger partial charge < -0.3 is 24.6 Å². The average molecular weight is 773 g/mol. The smallest absolute Gasteiger partial charge is 0.462 e. The molecule has 1 unspecified atom stereocenters. The van der Waals surface area contributed by atoms with Gasteiger partial charge in [0.05, 0.1) is 19.8 Å². The van der Waals surface area contributed by atoms with E-state index in [4.69, 9.17) is 19.1 Å². The number of carbonyl (C=O) groups excluding carboxylic acids is 2. The Kier molecular flexibility index (Phi) is 37.2. The molecule has 0 spiro atoms. The molecule has 11 heteroatoms. The fraction of sp³-hybridized carbons (Fsp3) is 0.810. The standard InChI is InChI=1S/C42H77O10P/c1-3-5-7-9-11-13-15-17-19-21-23-25-27-29-31-33-41(45)49-37-40(38-51-53(47,48)50-36-39(44)35-43)52-42(46)34-32-30-28-26-24-22-20-18-16-14-12-10-8-6-4-2/h13,15,18,20,24,26,39-40,43-44H,3-12,14,16-17,19,21-23,25,27-38H2,1-2H3,(H,47,48)/b15-13+,20-18+,26-24+/t39-,40+/m0/s1. The quantitative estimate of drug-likeness (QED) is 0.0238. The molecule has 0 fully saturated rings. The van der Waals surface area contributed by atoms with E-state index in [1.807, 2.05) is 0 Å². The largest absolute Gasteiger partial charge is 0.472 e. The summed E-state index contributed by atoms with van der Waals surface area (Å²) in [7, 11) is -4.62. The van der Waals surface area contributed by atoms with Crippen molar-refractivity contribution < 1.29 is 47.8 Å². The number of aliphatic hydroxyl groups excluding tert-OH is 2. The Morgan fingerprint density at radius 3 is 1.53 bits per heavy atom. The number of ether oxygens (including phenoxy) is 2. The summed E-state index contributed by atoms with van der Waals surface area (Å²) in [5.41, 5.74) is 0. The molecule has 310 valence electrons. The van der Waals surface area contributed by atoms with Crippen molar-refractivity contribution in [2.75, 3.05) is 26.4 Å². The van der Waals surface area contributed by atoms with Crippen LogP contribution in [0.5, 0.6) is 0 Å². The van der Waals surface area contributed by atoms with Gasteiger partial charge >= 0.3 is 19.8 Å². The number of rotatable bonds is 39. The van der Waals surface area contributed by atoms with E-state index in [0.717, 1.165) is 51.4 Å². The van der Waals surface area contributed by atoms with E-state index in [9.17, 15) is 24.2 Å². The first kappa shape index (κ1) is 51.2. The van der Waals surface area contributed by atoms with Crippen molar-refractivity contribution in [1.82, 2.24) is 0 Å². The maximum Gasteiger partial charge on any atom is 0.472 e. The van der Waals surface area contributed by atoms with Gasteiger partial charge in [-0.15, -0.1) is 0 Å². The fourth-order valence-electron chi connectivity index (χ4n) is 5.49. The number of phosphoric ester groups is 1. The molecule has 0 aromatic heterocycles. The summed E-state index contributed by atoms with van der Waals surface area (Å²) in [6, 6.07) is 0. The first-order valence-corrected chi connectivity index (χ1v) is 22.4. The summed E-state index contributed by atoms with van der Waals surface area (Å²) in [5.74, 6) is -0.967. The lowest BCUT2D eigenvalue weighted by Gasteiger charge is -2.20. The van der Waals surface area contributed by atoms with Crippen LogP contribution in [-0.4, -0.2) is 65.7 Å². The Bertz CT molecular complexity index is 983. The molecule has 3 N–H and O–H groups in total. The van der Waals surface area contributed by atoms with Crippen molar-refractivity contribution in [3.63, 3.8) is 0 Å². The number of esters is 2. The number of carbonyl (C=O) groups is 2. The van der Waals surface area contributed by atoms with Gasteiger partial charge in [-0.2, -0.15) is 0 Å². The Balaban J connectivity index is 4.38. The molecule has 0 rings (SSSR count). The first-order chi connectivity index (χ1) is 25.7. The molecule has 0 aliphatic carbocycles. The third-order valence-corrected chi connectivity index (χ3v) is 9.72. The van der Waals surface area contributed by atoms with E-state index in [2.05, 4.69) is 54.8 Å². The minimum atomic E-state index is -4.62. The van der Waals surface area contributed by atoms with Crippen molar-refractivity contribution in [3.05, 3.63) is 36.5 Å². The van der Waals surface area contributed by atoms with E-state index in [1.165, 1.54) is 89.9 Å². The van der Waals surface area contributed by atoms with E-state index in [1.54, 1.807) is 0 Å². The molecule has 10 nitrogen and oxygen atoms in total. The van der Waals surface area contributed by atoms with Gasteiger partial charge in [-0.1, -0.05) is 134 Å². The maximum absolute atomic E-state index is 12.6. The number of hydrogen-bond acceptors (Lipinski definition) is 9. The highest BCUT2D eigenvalue weighted by Gasteiger charge is 2.27. The Labute approximate surface area is 322 Å². The van der Waals surface area contributed by atoms with E-state index < -0.39 is 51.8 Å². The van der Waals surface area contributed by atoms with Crippen molar-refractivity contribution >= 4 is 19.8 Å². The molecule has 0 radical (unpaired) electrons. The van der Waals surface area contributed by atoms with Crippen LogP contribution >= 0.6 is 7.82 Å². The van der Waals surface area contributed by atoms with Crippen LogP contribution < -0.4 is 0 Å². The number of hydrogen-bond donors (Lipinski definition) is 3. The molecule has 53 heavy (non-hydrogen) atoms. The van der Waals surface area contributed by atoms with Gasteiger partial charge in [0.1, 0.15) is 12.7 Å². The number of unbranched alkanes of at least 4 members (excludes halogenated alkanes) is 19. The van der Waals surface area contributed by atoms with Crippen LogP contribution in [0.15, 0.2) is 36.5 Å². The zero-order valence-corrected chi connectivity index (χ0v) is 34.4. The normalized spacial score (nSPS) is 14.3. The Morgan fingerprint density at radius 2 is 0.981 bits per heavy atom. The van der Waals surface area contributed by atoms with Gasteiger partial charge in [-0.25, -0.2) is 4.57 Å². The molecule has 0 heterocycles. The molecule has 0 aromatic rings. The highest BCUT2D eigenvalue weighted by atomic mass is 31.2. The summed E-state index contributed by atoms with van der Waals surface area (Å²) < 4.78 is 32.6. The van der Waals surface area contributed by atoms with E-state index >= 15 is 0 Å². The summed E-state index contributed by atoms with van der Waals surface area (Å²) in [6.45, 7) is 2.31. The van der Waals surface area contributed by atoms with Crippen LogP contribution in [0, 0.1) is 0 Å². The maximum atomic E-state index is 12.6. The third-order valence-electron chi connectivity index (χ3n) is 8.77. The van der Waals surface area contributed by atoms with E-state index in [-0.39, 0.29) is 19.4 Å². The fourth-order valence-corrected chi connectivity index (χ4v) is 6.28. The monoisotopic (exact) mass is 773 g/mol. The van der Waals surface area contributed by atoms with Crippen LogP contribution in [-0.2, 0) is 32.7 Å². The molecule has 0 aliphatic rings. The first-order valence-electron chi connectivity index (χ1n) is 20.9. The summed E-state index contributed by atoms with van der Waals surface area (Å²) >= 11 is 0. The van der Waals surface area contributed by atoms with Crippen molar-refractivity contribution in [3.8, 4) is 0 Å². The number of allylic oxidation sites excluding steroid dienone is 6. The highest BCUT2D eigenvalue weighted by molar-refractivity contribution is 7.47. The predicted molar refractivity (Wildman–Crippen MR) is 214 cm³/mol. The average Bonchev–Trinajstić information content (AvgIpc) is 3.14. The number of aliphatic hydroxyl groups is 2. The van der Waals surface area contributed by atoms with Gasteiger partial charge in [0.2, 0.25) is 0 Å². The Hall–Kier alpha value is -1.81. The van der Waals surface area contributed by atoms with Crippen LogP contribution in [0.4, 0.5) is 0 Å². The van der Waals surface area contributed by atoms with Gasteiger partial charge in [0.15, 0.2) is 6.10 Å². The topological polar surface area (TPSA) is 149 Å². The van der Waals surface area contributed by atoms with Gasteiger partial charge in [-0.05, 0) is 70.6 Å². The van der Waals surface area contributed by atoms with Crippen LogP contribution in [0.1, 0.15) is 181 Å². The molecule has 0 saturated heterocycles. The van der Waals surface area contributed by atoms with E-state index in [0.29, 0.717) is 12.8 Å². The SMILES string of the molecule is CCCCCC/C=C/CCCCCCCCCC(=O)OC[C@H](COP(=O)(O)OC[C@@H](O)CO)OC(=O)CCCC/C=C/C/C=C/CCCCCCCC. The second-order valence-electron chi connectivity index (χ2n) is 14.0. The van der Waals surface area contributed by atoms with Gasteiger partial charge in [-0.3, -0.25) is 18.6 Å². The lowest BCUT2D eigenvalue weighted by Crippen LogP contribution is -2.29. The molecule has 0 saturated carbocycles. The molecule has 0 aliphatic heterocycles. The Morgan fingerprint density at radius 1 is 0.566 bits per heavy atom. The molecule has 0 amide bonds. The van der Waals surface area contributed by atoms with Crippen LogP contribution in [0.3, 0.4) is 0 Å². The molecular weight excluding hydrogens is 695 g/mol. The van der Waals surface area contributed by atoms with Crippen LogP contribution in [0.25, 0.3) is 0 Å². The molecule has 0 aromatic carbocycles. The highest BCUT2D eigenvalue weighted by Crippen LogP contribution is 2.43. The summed E-state index contributed by atoms with van der Waals surface area (Å²) in [4.78, 5) is 34.9. The number of phosphoric acid groups is 1. The summed E-state index contributed by atoms with van der Waals surface area (Å²) in [5, 5.41) is 18.3. The van der Waals surface area contributed by atoms with Crippen molar-refractivity contribution in [2.45, 2.75) is 193 Å². The third kappa shape index (κ3) is 38.3.